The third-order valence-electron chi connectivity index (χ3n) is 3.21. The van der Waals surface area contributed by atoms with E-state index in [-0.39, 0.29) is 6.04 Å². The van der Waals surface area contributed by atoms with Gasteiger partial charge < -0.3 is 5.32 Å². The summed E-state index contributed by atoms with van der Waals surface area (Å²) in [5.41, 5.74) is 1.71. The van der Waals surface area contributed by atoms with Gasteiger partial charge in [0, 0.05) is 28.2 Å². The van der Waals surface area contributed by atoms with E-state index in [1.807, 2.05) is 19.1 Å². The highest BCUT2D eigenvalue weighted by molar-refractivity contribution is 6.35. The summed E-state index contributed by atoms with van der Waals surface area (Å²) in [7, 11) is 0. The third kappa shape index (κ3) is 3.95. The standard InChI is InChI=1S/C16H13Cl2FN2/c1-10(14-5-4-13(17)7-15(14)18)21-9-12-3-2-11(8-20)6-16(12)19/h2-7,10,21H,9H2,1H3. The van der Waals surface area contributed by atoms with E-state index < -0.39 is 5.82 Å². The van der Waals surface area contributed by atoms with Crippen molar-refractivity contribution in [1.82, 2.24) is 5.32 Å². The number of nitriles is 1. The Bertz CT molecular complexity index is 695. The van der Waals surface area contributed by atoms with Gasteiger partial charge in [-0.15, -0.1) is 0 Å². The minimum atomic E-state index is -0.393. The number of benzene rings is 2. The lowest BCUT2D eigenvalue weighted by Gasteiger charge is -2.16. The van der Waals surface area contributed by atoms with Crippen molar-refractivity contribution < 1.29 is 4.39 Å². The van der Waals surface area contributed by atoms with Crippen molar-refractivity contribution in [3.63, 3.8) is 0 Å². The Balaban J connectivity index is 2.07. The molecular formula is C16H13Cl2FN2. The fraction of sp³-hybridized carbons (Fsp3) is 0.188. The molecule has 2 nitrogen and oxygen atoms in total. The van der Waals surface area contributed by atoms with Crippen LogP contribution in [-0.2, 0) is 6.54 Å². The van der Waals surface area contributed by atoms with Crippen molar-refractivity contribution in [2.45, 2.75) is 19.5 Å². The van der Waals surface area contributed by atoms with Gasteiger partial charge in [0.2, 0.25) is 0 Å². The molecule has 108 valence electrons. The number of hydrogen-bond donors (Lipinski definition) is 1. The van der Waals surface area contributed by atoms with Crippen LogP contribution in [0.15, 0.2) is 36.4 Å². The van der Waals surface area contributed by atoms with Crippen LogP contribution in [0.25, 0.3) is 0 Å². The first-order valence-corrected chi connectivity index (χ1v) is 7.13. The van der Waals surface area contributed by atoms with Crippen molar-refractivity contribution in [1.29, 1.82) is 5.26 Å². The van der Waals surface area contributed by atoms with Crippen LogP contribution in [0, 0.1) is 17.1 Å². The maximum atomic E-state index is 13.8. The number of halogens is 3. The van der Waals surface area contributed by atoms with Gasteiger partial charge in [0.1, 0.15) is 5.82 Å². The smallest absolute Gasteiger partial charge is 0.129 e. The fourth-order valence-electron chi connectivity index (χ4n) is 1.99. The highest BCUT2D eigenvalue weighted by Crippen LogP contribution is 2.26. The molecule has 0 heterocycles. The molecule has 1 unspecified atom stereocenters. The Hall–Kier alpha value is -1.60. The van der Waals surface area contributed by atoms with Gasteiger partial charge >= 0.3 is 0 Å². The molecule has 0 radical (unpaired) electrons. The molecule has 21 heavy (non-hydrogen) atoms. The van der Waals surface area contributed by atoms with E-state index in [0.29, 0.717) is 27.7 Å². The van der Waals surface area contributed by atoms with Crippen molar-refractivity contribution in [2.24, 2.45) is 0 Å². The van der Waals surface area contributed by atoms with E-state index in [2.05, 4.69) is 5.32 Å². The minimum absolute atomic E-state index is 0.0511. The van der Waals surface area contributed by atoms with Crippen LogP contribution in [0.2, 0.25) is 10.0 Å². The highest BCUT2D eigenvalue weighted by atomic mass is 35.5. The predicted octanol–water partition coefficient (Wildman–Crippen LogP) is 4.85. The van der Waals surface area contributed by atoms with Crippen LogP contribution in [0.1, 0.15) is 29.7 Å². The molecule has 0 aromatic heterocycles. The number of hydrogen-bond acceptors (Lipinski definition) is 2. The maximum Gasteiger partial charge on any atom is 0.129 e. The largest absolute Gasteiger partial charge is 0.306 e. The average molecular weight is 323 g/mol. The van der Waals surface area contributed by atoms with Crippen LogP contribution >= 0.6 is 23.2 Å². The molecule has 0 aliphatic heterocycles. The lowest BCUT2D eigenvalue weighted by molar-refractivity contribution is 0.544. The minimum Gasteiger partial charge on any atom is -0.306 e. The molecule has 0 aliphatic rings. The van der Waals surface area contributed by atoms with E-state index in [0.717, 1.165) is 5.56 Å². The Morgan fingerprint density at radius 1 is 1.24 bits per heavy atom. The summed E-state index contributed by atoms with van der Waals surface area (Å²) in [6, 6.07) is 11.6. The van der Waals surface area contributed by atoms with Crippen LogP contribution in [0.3, 0.4) is 0 Å². The Labute approximate surface area is 133 Å². The summed E-state index contributed by atoms with van der Waals surface area (Å²) in [5.74, 6) is -0.393. The summed E-state index contributed by atoms with van der Waals surface area (Å²) < 4.78 is 13.8. The predicted molar refractivity (Wildman–Crippen MR) is 82.8 cm³/mol. The molecule has 0 bridgehead atoms. The zero-order chi connectivity index (χ0) is 15.4. The zero-order valence-electron chi connectivity index (χ0n) is 11.3. The molecule has 1 N–H and O–H groups in total. The van der Waals surface area contributed by atoms with E-state index in [4.69, 9.17) is 28.5 Å². The lowest BCUT2D eigenvalue weighted by Crippen LogP contribution is -2.19. The summed E-state index contributed by atoms with van der Waals surface area (Å²) in [5, 5.41) is 13.1. The summed E-state index contributed by atoms with van der Waals surface area (Å²) in [6.07, 6.45) is 0. The van der Waals surface area contributed by atoms with Gasteiger partial charge in [0.05, 0.1) is 11.6 Å². The zero-order valence-corrected chi connectivity index (χ0v) is 12.8. The second-order valence-corrected chi connectivity index (χ2v) is 5.53. The molecule has 2 aromatic carbocycles. The van der Waals surface area contributed by atoms with Crippen LogP contribution < -0.4 is 5.32 Å². The summed E-state index contributed by atoms with van der Waals surface area (Å²) >= 11 is 12.0. The second-order valence-electron chi connectivity index (χ2n) is 4.69. The van der Waals surface area contributed by atoms with Crippen LogP contribution in [0.4, 0.5) is 4.39 Å². The maximum absolute atomic E-state index is 13.8. The van der Waals surface area contributed by atoms with Crippen molar-refractivity contribution >= 4 is 23.2 Å². The number of nitrogens with one attached hydrogen (secondary N) is 1. The lowest BCUT2D eigenvalue weighted by atomic mass is 10.1. The summed E-state index contributed by atoms with van der Waals surface area (Å²) in [4.78, 5) is 0. The van der Waals surface area contributed by atoms with E-state index in [9.17, 15) is 4.39 Å². The first kappa shape index (κ1) is 15.8. The van der Waals surface area contributed by atoms with Gasteiger partial charge in [0.15, 0.2) is 0 Å². The molecule has 5 heteroatoms. The van der Waals surface area contributed by atoms with Crippen molar-refractivity contribution in [3.05, 3.63) is 69.0 Å². The Kier molecular flexibility index (Phi) is 5.19. The van der Waals surface area contributed by atoms with Gasteiger partial charge in [-0.05, 0) is 36.8 Å². The first-order chi connectivity index (χ1) is 10.0. The highest BCUT2D eigenvalue weighted by Gasteiger charge is 2.11. The van der Waals surface area contributed by atoms with Gasteiger partial charge in [-0.1, -0.05) is 35.3 Å². The molecule has 0 spiro atoms. The van der Waals surface area contributed by atoms with Gasteiger partial charge in [-0.2, -0.15) is 5.26 Å². The Morgan fingerprint density at radius 3 is 2.62 bits per heavy atom. The molecular weight excluding hydrogens is 310 g/mol. The average Bonchev–Trinajstić information content (AvgIpc) is 2.45. The topological polar surface area (TPSA) is 35.8 Å². The van der Waals surface area contributed by atoms with E-state index >= 15 is 0 Å². The van der Waals surface area contributed by atoms with Gasteiger partial charge in [0.25, 0.3) is 0 Å². The SMILES string of the molecule is CC(NCc1ccc(C#N)cc1F)c1ccc(Cl)cc1Cl. The monoisotopic (exact) mass is 322 g/mol. The van der Waals surface area contributed by atoms with Crippen LogP contribution in [-0.4, -0.2) is 0 Å². The third-order valence-corrected chi connectivity index (χ3v) is 3.77. The van der Waals surface area contributed by atoms with E-state index in [1.165, 1.54) is 6.07 Å². The molecule has 0 saturated heterocycles. The molecule has 0 aliphatic carbocycles. The molecule has 1 atom stereocenters. The van der Waals surface area contributed by atoms with Crippen molar-refractivity contribution in [2.75, 3.05) is 0 Å². The van der Waals surface area contributed by atoms with Gasteiger partial charge in [-0.3, -0.25) is 0 Å². The quantitative estimate of drug-likeness (QED) is 0.872. The summed E-state index contributed by atoms with van der Waals surface area (Å²) in [6.45, 7) is 2.29. The number of nitrogens with zero attached hydrogens (tertiary/aromatic N) is 1. The molecule has 2 aromatic rings. The molecule has 2 rings (SSSR count). The second kappa shape index (κ2) is 6.91. The molecule has 0 fully saturated rings. The molecule has 0 amide bonds. The van der Waals surface area contributed by atoms with Crippen molar-refractivity contribution in [3.8, 4) is 6.07 Å². The van der Waals surface area contributed by atoms with Crippen LogP contribution in [0.5, 0.6) is 0 Å². The van der Waals surface area contributed by atoms with Gasteiger partial charge in [-0.25, -0.2) is 4.39 Å². The fourth-order valence-corrected chi connectivity index (χ4v) is 2.56. The normalized spacial score (nSPS) is 12.0. The van der Waals surface area contributed by atoms with E-state index in [1.54, 1.807) is 24.3 Å². The Morgan fingerprint density at radius 2 is 2.00 bits per heavy atom. The number of rotatable bonds is 4. The first-order valence-electron chi connectivity index (χ1n) is 6.38. The molecule has 0 saturated carbocycles.